The van der Waals surface area contributed by atoms with Gasteiger partial charge in [0.1, 0.15) is 6.04 Å². The molecule has 1 fully saturated rings. The Morgan fingerprint density at radius 2 is 2.17 bits per heavy atom. The van der Waals surface area contributed by atoms with Crippen LogP contribution in [0.2, 0.25) is 0 Å². The molecular formula is C11H23N3O3S. The number of nitrogens with one attached hydrogen (secondary N) is 2. The predicted molar refractivity (Wildman–Crippen MR) is 70.7 cm³/mol. The lowest BCUT2D eigenvalue weighted by molar-refractivity contribution is -0.126. The van der Waals surface area contributed by atoms with E-state index in [-0.39, 0.29) is 11.7 Å². The van der Waals surface area contributed by atoms with Gasteiger partial charge in [-0.3, -0.25) is 4.79 Å². The fourth-order valence-corrected chi connectivity index (χ4v) is 3.59. The molecule has 1 aliphatic rings. The summed E-state index contributed by atoms with van der Waals surface area (Å²) in [6.07, 6.45) is 0.561. The van der Waals surface area contributed by atoms with Crippen molar-refractivity contribution in [2.75, 3.05) is 25.4 Å². The van der Waals surface area contributed by atoms with Gasteiger partial charge in [-0.1, -0.05) is 13.8 Å². The van der Waals surface area contributed by atoms with E-state index in [9.17, 15) is 13.2 Å². The van der Waals surface area contributed by atoms with Crippen LogP contribution in [0.5, 0.6) is 0 Å². The number of sulfonamides is 1. The molecule has 1 amide bonds. The van der Waals surface area contributed by atoms with Crippen LogP contribution in [0.15, 0.2) is 0 Å². The van der Waals surface area contributed by atoms with Crippen LogP contribution in [0.3, 0.4) is 0 Å². The Balaban J connectivity index is 2.49. The molecule has 7 heteroatoms. The maximum atomic E-state index is 12.1. The van der Waals surface area contributed by atoms with Crippen molar-refractivity contribution >= 4 is 15.9 Å². The van der Waals surface area contributed by atoms with Gasteiger partial charge >= 0.3 is 0 Å². The number of hydrogen-bond acceptors (Lipinski definition) is 4. The first-order valence-electron chi connectivity index (χ1n) is 6.35. The van der Waals surface area contributed by atoms with E-state index in [1.807, 2.05) is 13.8 Å². The number of piperazine rings is 1. The standard InChI is InChI=1S/C11H23N3O3S/c1-9(2)12-5-4-8-18(16,17)14-7-6-13-11(15)10(14)3/h9-10,12H,4-8H2,1-3H3,(H,13,15). The Kier molecular flexibility index (Phi) is 5.55. The van der Waals surface area contributed by atoms with Gasteiger partial charge in [-0.2, -0.15) is 4.31 Å². The number of amides is 1. The van der Waals surface area contributed by atoms with Crippen molar-refractivity contribution in [3.63, 3.8) is 0 Å². The third-order valence-electron chi connectivity index (χ3n) is 2.93. The summed E-state index contributed by atoms with van der Waals surface area (Å²) in [5, 5.41) is 5.84. The lowest BCUT2D eigenvalue weighted by Gasteiger charge is -2.31. The molecular weight excluding hydrogens is 254 g/mol. The van der Waals surface area contributed by atoms with Crippen LogP contribution >= 0.6 is 0 Å². The van der Waals surface area contributed by atoms with Crippen molar-refractivity contribution in [1.82, 2.24) is 14.9 Å². The molecule has 0 radical (unpaired) electrons. The van der Waals surface area contributed by atoms with Crippen molar-refractivity contribution < 1.29 is 13.2 Å². The average molecular weight is 277 g/mol. The van der Waals surface area contributed by atoms with E-state index in [1.54, 1.807) is 6.92 Å². The summed E-state index contributed by atoms with van der Waals surface area (Å²) < 4.78 is 25.5. The highest BCUT2D eigenvalue weighted by molar-refractivity contribution is 7.89. The summed E-state index contributed by atoms with van der Waals surface area (Å²) in [7, 11) is -3.33. The molecule has 106 valence electrons. The number of carbonyl (C=O) groups excluding carboxylic acids is 1. The normalized spacial score (nSPS) is 22.2. The maximum absolute atomic E-state index is 12.1. The van der Waals surface area contributed by atoms with Gasteiger partial charge in [-0.25, -0.2) is 8.42 Å². The fraction of sp³-hybridized carbons (Fsp3) is 0.909. The molecule has 6 nitrogen and oxygen atoms in total. The monoisotopic (exact) mass is 277 g/mol. The second-order valence-corrected chi connectivity index (χ2v) is 6.90. The predicted octanol–water partition coefficient (Wildman–Crippen LogP) is -0.475. The molecule has 0 aromatic rings. The van der Waals surface area contributed by atoms with E-state index in [0.29, 0.717) is 32.1 Å². The Morgan fingerprint density at radius 1 is 1.50 bits per heavy atom. The zero-order valence-electron chi connectivity index (χ0n) is 11.3. The molecule has 18 heavy (non-hydrogen) atoms. The van der Waals surface area contributed by atoms with Gasteiger partial charge in [0.15, 0.2) is 0 Å². The summed E-state index contributed by atoms with van der Waals surface area (Å²) in [5.41, 5.74) is 0. The van der Waals surface area contributed by atoms with Gasteiger partial charge in [0, 0.05) is 19.1 Å². The van der Waals surface area contributed by atoms with Gasteiger partial charge in [0.2, 0.25) is 15.9 Å². The van der Waals surface area contributed by atoms with Crippen LogP contribution in [0.1, 0.15) is 27.2 Å². The van der Waals surface area contributed by atoms with E-state index in [2.05, 4.69) is 10.6 Å². The molecule has 0 aromatic heterocycles. The third kappa shape index (κ3) is 4.22. The molecule has 1 saturated heterocycles. The Labute approximate surface area is 109 Å². The summed E-state index contributed by atoms with van der Waals surface area (Å²) in [5.74, 6) is -0.130. The number of rotatable bonds is 6. The molecule has 2 N–H and O–H groups in total. The van der Waals surface area contributed by atoms with E-state index in [1.165, 1.54) is 4.31 Å². The molecule has 0 aliphatic carbocycles. The third-order valence-corrected chi connectivity index (χ3v) is 4.95. The molecule has 1 rings (SSSR count). The van der Waals surface area contributed by atoms with Crippen molar-refractivity contribution in [2.24, 2.45) is 0 Å². The average Bonchev–Trinajstić information content (AvgIpc) is 2.28. The molecule has 1 unspecified atom stereocenters. The maximum Gasteiger partial charge on any atom is 0.238 e. The van der Waals surface area contributed by atoms with Gasteiger partial charge in [0.25, 0.3) is 0 Å². The van der Waals surface area contributed by atoms with Crippen LogP contribution in [-0.4, -0.2) is 56.1 Å². The number of hydrogen-bond donors (Lipinski definition) is 2. The zero-order chi connectivity index (χ0) is 13.8. The first kappa shape index (κ1) is 15.4. The summed E-state index contributed by atoms with van der Waals surface area (Å²) in [4.78, 5) is 11.4. The Bertz CT molecular complexity index is 381. The molecule has 0 saturated carbocycles. The summed E-state index contributed by atoms with van der Waals surface area (Å²) in [6.45, 7) is 7.10. The molecule has 0 spiro atoms. The highest BCUT2D eigenvalue weighted by atomic mass is 32.2. The smallest absolute Gasteiger partial charge is 0.238 e. The van der Waals surface area contributed by atoms with Gasteiger partial charge in [-0.05, 0) is 19.9 Å². The van der Waals surface area contributed by atoms with E-state index < -0.39 is 16.1 Å². The van der Waals surface area contributed by atoms with Crippen molar-refractivity contribution in [3.05, 3.63) is 0 Å². The van der Waals surface area contributed by atoms with Crippen molar-refractivity contribution in [3.8, 4) is 0 Å². The van der Waals surface area contributed by atoms with E-state index in [0.717, 1.165) is 0 Å². The van der Waals surface area contributed by atoms with Crippen LogP contribution in [0.25, 0.3) is 0 Å². The van der Waals surface area contributed by atoms with Crippen LogP contribution in [0.4, 0.5) is 0 Å². The Morgan fingerprint density at radius 3 is 2.78 bits per heavy atom. The summed E-state index contributed by atoms with van der Waals surface area (Å²) >= 11 is 0. The molecule has 0 bridgehead atoms. The first-order chi connectivity index (χ1) is 8.34. The van der Waals surface area contributed by atoms with Crippen LogP contribution in [-0.2, 0) is 14.8 Å². The minimum Gasteiger partial charge on any atom is -0.353 e. The highest BCUT2D eigenvalue weighted by Crippen LogP contribution is 2.11. The van der Waals surface area contributed by atoms with Gasteiger partial charge in [-0.15, -0.1) is 0 Å². The second kappa shape index (κ2) is 6.49. The topological polar surface area (TPSA) is 78.5 Å². The van der Waals surface area contributed by atoms with Gasteiger partial charge in [0.05, 0.1) is 5.75 Å². The van der Waals surface area contributed by atoms with E-state index >= 15 is 0 Å². The highest BCUT2D eigenvalue weighted by Gasteiger charge is 2.33. The van der Waals surface area contributed by atoms with Crippen molar-refractivity contribution in [1.29, 1.82) is 0 Å². The van der Waals surface area contributed by atoms with Gasteiger partial charge < -0.3 is 10.6 Å². The zero-order valence-corrected chi connectivity index (χ0v) is 12.1. The largest absolute Gasteiger partial charge is 0.353 e. The molecule has 1 heterocycles. The van der Waals surface area contributed by atoms with Crippen molar-refractivity contribution in [2.45, 2.75) is 39.3 Å². The second-order valence-electron chi connectivity index (χ2n) is 4.86. The minimum atomic E-state index is -3.33. The number of nitrogens with zero attached hydrogens (tertiary/aromatic N) is 1. The molecule has 1 atom stereocenters. The molecule has 0 aromatic carbocycles. The van der Waals surface area contributed by atoms with Crippen LogP contribution in [0, 0.1) is 0 Å². The fourth-order valence-electron chi connectivity index (χ4n) is 1.90. The first-order valence-corrected chi connectivity index (χ1v) is 7.96. The number of carbonyl (C=O) groups is 1. The lowest BCUT2D eigenvalue weighted by Crippen LogP contribution is -2.56. The summed E-state index contributed by atoms with van der Waals surface area (Å²) in [6, 6.07) is -0.241. The molecule has 1 aliphatic heterocycles. The SMILES string of the molecule is CC(C)NCCCS(=O)(=O)N1CCNC(=O)C1C. The minimum absolute atomic E-state index is 0.0876. The lowest BCUT2D eigenvalue weighted by atomic mass is 10.2. The van der Waals surface area contributed by atoms with Crippen LogP contribution < -0.4 is 10.6 Å². The Hall–Kier alpha value is -0.660. The quantitative estimate of drug-likeness (QED) is 0.643. The van der Waals surface area contributed by atoms with E-state index in [4.69, 9.17) is 0 Å².